The number of hydrogen-bond acceptors (Lipinski definition) is 5. The molecule has 1 aromatic heterocycles. The molecule has 1 atom stereocenters. The van der Waals surface area contributed by atoms with Crippen LogP contribution in [0.25, 0.3) is 11.5 Å². The third-order valence-corrected chi connectivity index (χ3v) is 5.25. The van der Waals surface area contributed by atoms with Crippen LogP contribution in [0.4, 0.5) is 6.01 Å². The van der Waals surface area contributed by atoms with Gasteiger partial charge in [0.1, 0.15) is 6.04 Å². The van der Waals surface area contributed by atoms with E-state index in [2.05, 4.69) is 15.5 Å². The van der Waals surface area contributed by atoms with Crippen LogP contribution in [0.3, 0.4) is 0 Å². The van der Waals surface area contributed by atoms with E-state index in [-0.39, 0.29) is 18.0 Å². The molecule has 0 bridgehead atoms. The summed E-state index contributed by atoms with van der Waals surface area (Å²) in [7, 11) is 0. The lowest BCUT2D eigenvalue weighted by Crippen LogP contribution is -2.45. The zero-order chi connectivity index (χ0) is 16.6. The van der Waals surface area contributed by atoms with E-state index in [0.29, 0.717) is 11.3 Å². The monoisotopic (exact) mass is 326 g/mol. The number of rotatable bonds is 4. The third-order valence-electron chi connectivity index (χ3n) is 5.25. The topological polar surface area (TPSA) is 71.3 Å². The lowest BCUT2D eigenvalue weighted by molar-refractivity contribution is -0.133. The number of amides is 1. The minimum atomic E-state index is -0.373. The first-order valence-electron chi connectivity index (χ1n) is 8.60. The number of nitrogens with zero attached hydrogens (tertiary/aromatic N) is 3. The number of carbonyl (C=O) groups is 1. The molecular weight excluding hydrogens is 304 g/mol. The molecule has 6 heteroatoms. The minimum Gasteiger partial charge on any atom is -0.403 e. The van der Waals surface area contributed by atoms with E-state index < -0.39 is 0 Å². The number of piperidine rings is 1. The average Bonchev–Trinajstić information content (AvgIpc) is 3.20. The number of hydrogen-bond donors (Lipinski definition) is 1. The molecule has 24 heavy (non-hydrogen) atoms. The summed E-state index contributed by atoms with van der Waals surface area (Å²) in [6, 6.07) is 9.50. The van der Waals surface area contributed by atoms with Crippen molar-refractivity contribution < 1.29 is 9.21 Å². The zero-order valence-electron chi connectivity index (χ0n) is 13.9. The van der Waals surface area contributed by atoms with Gasteiger partial charge >= 0.3 is 6.01 Å². The van der Waals surface area contributed by atoms with Gasteiger partial charge in [-0.15, -0.1) is 5.10 Å². The Kier molecular flexibility index (Phi) is 3.75. The summed E-state index contributed by atoms with van der Waals surface area (Å²) in [6.07, 6.45) is 4.97. The van der Waals surface area contributed by atoms with Gasteiger partial charge in [-0.3, -0.25) is 4.79 Å². The Morgan fingerprint density at radius 1 is 1.17 bits per heavy atom. The molecule has 1 aliphatic heterocycles. The van der Waals surface area contributed by atoms with Gasteiger partial charge in [0.15, 0.2) is 0 Å². The highest BCUT2D eigenvalue weighted by Crippen LogP contribution is 2.53. The van der Waals surface area contributed by atoms with Crippen LogP contribution in [0.15, 0.2) is 34.7 Å². The molecule has 1 amide bonds. The number of carbonyl (C=O) groups excluding carboxylic acids is 1. The van der Waals surface area contributed by atoms with E-state index in [1.807, 2.05) is 42.2 Å². The van der Waals surface area contributed by atoms with Gasteiger partial charge < -0.3 is 14.6 Å². The van der Waals surface area contributed by atoms with E-state index in [1.165, 1.54) is 12.8 Å². The third kappa shape index (κ3) is 3.00. The van der Waals surface area contributed by atoms with Crippen LogP contribution in [-0.4, -0.2) is 40.1 Å². The maximum atomic E-state index is 12.6. The van der Waals surface area contributed by atoms with Crippen molar-refractivity contribution in [1.82, 2.24) is 15.1 Å². The van der Waals surface area contributed by atoms with Crippen LogP contribution in [0.1, 0.15) is 32.6 Å². The fraction of sp³-hybridized carbons (Fsp3) is 0.500. The van der Waals surface area contributed by atoms with Gasteiger partial charge in [-0.2, -0.15) is 0 Å². The Morgan fingerprint density at radius 2 is 1.88 bits per heavy atom. The first-order chi connectivity index (χ1) is 11.7. The second-order valence-corrected chi connectivity index (χ2v) is 6.97. The van der Waals surface area contributed by atoms with E-state index in [1.54, 1.807) is 0 Å². The van der Waals surface area contributed by atoms with Crippen molar-refractivity contribution in [3.8, 4) is 11.5 Å². The van der Waals surface area contributed by atoms with Gasteiger partial charge in [-0.1, -0.05) is 23.3 Å². The number of aromatic nitrogens is 2. The molecule has 1 saturated heterocycles. The Hall–Kier alpha value is -2.37. The standard InChI is InChI=1S/C18H22N4O2/c1-13(16(23)22-11-9-18(7-8-18)10-12-22)19-17-21-20-15(24-17)14-5-3-2-4-6-14/h2-6,13H,7-12H2,1H3,(H,19,21). The first kappa shape index (κ1) is 15.2. The normalized spacial score (nSPS) is 20.0. The Bertz CT molecular complexity index is 714. The molecule has 4 rings (SSSR count). The van der Waals surface area contributed by atoms with Crippen LogP contribution < -0.4 is 5.32 Å². The molecule has 1 spiro atoms. The highest BCUT2D eigenvalue weighted by atomic mass is 16.4. The quantitative estimate of drug-likeness (QED) is 0.935. The molecule has 2 aromatic rings. The molecule has 1 saturated carbocycles. The van der Waals surface area contributed by atoms with Gasteiger partial charge in [0.05, 0.1) is 0 Å². The molecule has 1 aromatic carbocycles. The molecule has 1 unspecified atom stereocenters. The van der Waals surface area contributed by atoms with Crippen LogP contribution in [-0.2, 0) is 4.79 Å². The second kappa shape index (κ2) is 5.92. The van der Waals surface area contributed by atoms with Crippen molar-refractivity contribution in [1.29, 1.82) is 0 Å². The van der Waals surface area contributed by atoms with Crippen molar-refractivity contribution in [3.05, 3.63) is 30.3 Å². The van der Waals surface area contributed by atoms with E-state index >= 15 is 0 Å². The molecular formula is C18H22N4O2. The van der Waals surface area contributed by atoms with Crippen molar-refractivity contribution in [2.45, 2.75) is 38.6 Å². The predicted molar refractivity (Wildman–Crippen MR) is 90.3 cm³/mol. The summed E-state index contributed by atoms with van der Waals surface area (Å²) in [6.45, 7) is 3.57. The van der Waals surface area contributed by atoms with Crippen molar-refractivity contribution in [3.63, 3.8) is 0 Å². The largest absolute Gasteiger partial charge is 0.403 e. The second-order valence-electron chi connectivity index (χ2n) is 6.97. The van der Waals surface area contributed by atoms with E-state index in [4.69, 9.17) is 4.42 Å². The molecule has 1 aliphatic carbocycles. The fourth-order valence-electron chi connectivity index (χ4n) is 3.38. The fourth-order valence-corrected chi connectivity index (χ4v) is 3.38. The molecule has 1 N–H and O–H groups in total. The zero-order valence-corrected chi connectivity index (χ0v) is 13.9. The Morgan fingerprint density at radius 3 is 2.54 bits per heavy atom. The molecule has 2 heterocycles. The van der Waals surface area contributed by atoms with Gasteiger partial charge in [0.2, 0.25) is 11.8 Å². The summed E-state index contributed by atoms with van der Waals surface area (Å²) >= 11 is 0. The van der Waals surface area contributed by atoms with E-state index in [0.717, 1.165) is 31.5 Å². The van der Waals surface area contributed by atoms with Crippen molar-refractivity contribution in [2.24, 2.45) is 5.41 Å². The van der Waals surface area contributed by atoms with Gasteiger partial charge in [0.25, 0.3) is 0 Å². The summed E-state index contributed by atoms with van der Waals surface area (Å²) in [5, 5.41) is 11.1. The van der Waals surface area contributed by atoms with Crippen LogP contribution in [0, 0.1) is 5.41 Å². The number of likely N-dealkylation sites (tertiary alicyclic amines) is 1. The number of anilines is 1. The smallest absolute Gasteiger partial charge is 0.316 e. The van der Waals surface area contributed by atoms with Crippen molar-refractivity contribution >= 4 is 11.9 Å². The minimum absolute atomic E-state index is 0.102. The van der Waals surface area contributed by atoms with Gasteiger partial charge in [-0.05, 0) is 50.2 Å². The number of nitrogens with one attached hydrogen (secondary N) is 1. The van der Waals surface area contributed by atoms with Gasteiger partial charge in [-0.25, -0.2) is 0 Å². The first-order valence-corrected chi connectivity index (χ1v) is 8.60. The van der Waals surface area contributed by atoms with Gasteiger partial charge in [0, 0.05) is 18.7 Å². The lowest BCUT2D eigenvalue weighted by atomic mass is 9.93. The molecule has 0 radical (unpaired) electrons. The Balaban J connectivity index is 1.36. The van der Waals surface area contributed by atoms with E-state index in [9.17, 15) is 4.79 Å². The summed E-state index contributed by atoms with van der Waals surface area (Å²) in [5.41, 5.74) is 1.44. The molecule has 126 valence electrons. The molecule has 2 fully saturated rings. The number of benzene rings is 1. The predicted octanol–water partition coefficient (Wildman–Crippen LogP) is 2.94. The van der Waals surface area contributed by atoms with Crippen molar-refractivity contribution in [2.75, 3.05) is 18.4 Å². The maximum absolute atomic E-state index is 12.6. The Labute approximate surface area is 141 Å². The summed E-state index contributed by atoms with van der Waals surface area (Å²) in [4.78, 5) is 14.5. The summed E-state index contributed by atoms with van der Waals surface area (Å²) in [5.74, 6) is 0.552. The average molecular weight is 326 g/mol. The summed E-state index contributed by atoms with van der Waals surface area (Å²) < 4.78 is 5.62. The van der Waals surface area contributed by atoms with Crippen LogP contribution in [0.5, 0.6) is 0 Å². The highest BCUT2D eigenvalue weighted by Gasteiger charge is 2.45. The SMILES string of the molecule is CC(Nc1nnc(-c2ccccc2)o1)C(=O)N1CCC2(CC1)CC2. The van der Waals surface area contributed by atoms with Crippen LogP contribution >= 0.6 is 0 Å². The lowest BCUT2D eigenvalue weighted by Gasteiger charge is -2.33. The van der Waals surface area contributed by atoms with Crippen LogP contribution in [0.2, 0.25) is 0 Å². The molecule has 6 nitrogen and oxygen atoms in total. The maximum Gasteiger partial charge on any atom is 0.316 e. The molecule has 2 aliphatic rings. The highest BCUT2D eigenvalue weighted by molar-refractivity contribution is 5.83.